The Bertz CT molecular complexity index is 167. The molecule has 1 N–H and O–H groups in total. The van der Waals surface area contributed by atoms with Gasteiger partial charge in [-0.25, -0.2) is 0 Å². The molecule has 0 saturated carbocycles. The summed E-state index contributed by atoms with van der Waals surface area (Å²) in [5.74, 6) is 0.724. The second kappa shape index (κ2) is 7.12. The molecule has 0 aromatic rings. The molecular formula is C10H20O3S. The van der Waals surface area contributed by atoms with E-state index >= 15 is 0 Å². The van der Waals surface area contributed by atoms with Gasteiger partial charge in [-0.3, -0.25) is 4.79 Å². The second-order valence-corrected chi connectivity index (χ2v) is 4.21. The predicted octanol–water partition coefficient (Wildman–Crippen LogP) is 1.83. The minimum absolute atomic E-state index is 0.202. The first-order valence-corrected chi connectivity index (χ1v) is 6.19. The van der Waals surface area contributed by atoms with E-state index in [1.54, 1.807) is 6.92 Å². The largest absolute Gasteiger partial charge is 0.465 e. The normalized spacial score (nSPS) is 11.4. The molecule has 0 aliphatic carbocycles. The summed E-state index contributed by atoms with van der Waals surface area (Å²) in [6.07, 6.45) is 1.44. The lowest BCUT2D eigenvalue weighted by Crippen LogP contribution is -2.30. The van der Waals surface area contributed by atoms with Crippen molar-refractivity contribution in [1.29, 1.82) is 0 Å². The van der Waals surface area contributed by atoms with Crippen LogP contribution in [0.5, 0.6) is 0 Å². The second-order valence-electron chi connectivity index (χ2n) is 3.23. The van der Waals surface area contributed by atoms with E-state index < -0.39 is 5.60 Å². The van der Waals surface area contributed by atoms with Crippen LogP contribution in [-0.4, -0.2) is 34.8 Å². The Morgan fingerprint density at radius 1 is 1.36 bits per heavy atom. The molecule has 0 aliphatic rings. The first-order chi connectivity index (χ1) is 6.58. The van der Waals surface area contributed by atoms with Crippen LogP contribution in [0.4, 0.5) is 0 Å². The van der Waals surface area contributed by atoms with Crippen molar-refractivity contribution in [2.24, 2.45) is 0 Å². The number of carbonyl (C=O) groups excluding carboxylic acids is 1. The van der Waals surface area contributed by atoms with Crippen molar-refractivity contribution < 1.29 is 14.6 Å². The first-order valence-electron chi connectivity index (χ1n) is 5.03. The van der Waals surface area contributed by atoms with Crippen LogP contribution in [0, 0.1) is 0 Å². The fraction of sp³-hybridized carbons (Fsp3) is 0.900. The van der Waals surface area contributed by atoms with Crippen molar-refractivity contribution >= 4 is 17.7 Å². The highest BCUT2D eigenvalue weighted by Crippen LogP contribution is 2.20. The van der Waals surface area contributed by atoms with Gasteiger partial charge >= 0.3 is 5.97 Å². The lowest BCUT2D eigenvalue weighted by molar-refractivity contribution is -0.139. The minimum atomic E-state index is -0.628. The SMILES string of the molecule is CCOC(=O)CSCC(O)(CC)CC. The summed E-state index contributed by atoms with van der Waals surface area (Å²) in [7, 11) is 0. The Morgan fingerprint density at radius 2 is 1.93 bits per heavy atom. The minimum Gasteiger partial charge on any atom is -0.465 e. The lowest BCUT2D eigenvalue weighted by Gasteiger charge is -2.24. The van der Waals surface area contributed by atoms with E-state index in [2.05, 4.69) is 0 Å². The van der Waals surface area contributed by atoms with Gasteiger partial charge in [0.25, 0.3) is 0 Å². The van der Waals surface area contributed by atoms with Crippen molar-refractivity contribution in [3.8, 4) is 0 Å². The van der Waals surface area contributed by atoms with E-state index in [0.29, 0.717) is 18.1 Å². The van der Waals surface area contributed by atoms with E-state index in [1.807, 2.05) is 13.8 Å². The molecule has 0 aromatic heterocycles. The number of carbonyl (C=O) groups is 1. The van der Waals surface area contributed by atoms with Gasteiger partial charge in [0.05, 0.1) is 18.0 Å². The van der Waals surface area contributed by atoms with Crippen LogP contribution >= 0.6 is 11.8 Å². The standard InChI is InChI=1S/C10H20O3S/c1-4-10(12,5-2)8-14-7-9(11)13-6-3/h12H,4-8H2,1-3H3. The Hall–Kier alpha value is -0.220. The van der Waals surface area contributed by atoms with E-state index in [4.69, 9.17) is 4.74 Å². The average molecular weight is 220 g/mol. The van der Waals surface area contributed by atoms with Crippen molar-refractivity contribution in [3.63, 3.8) is 0 Å². The molecule has 84 valence electrons. The number of hydrogen-bond donors (Lipinski definition) is 1. The molecule has 0 saturated heterocycles. The smallest absolute Gasteiger partial charge is 0.315 e. The highest BCUT2D eigenvalue weighted by atomic mass is 32.2. The molecule has 3 nitrogen and oxygen atoms in total. The molecule has 0 bridgehead atoms. The Balaban J connectivity index is 3.66. The predicted molar refractivity (Wildman–Crippen MR) is 59.5 cm³/mol. The lowest BCUT2D eigenvalue weighted by atomic mass is 10.0. The Kier molecular flexibility index (Phi) is 7.01. The van der Waals surface area contributed by atoms with Gasteiger partial charge in [-0.05, 0) is 19.8 Å². The van der Waals surface area contributed by atoms with Crippen LogP contribution in [0.1, 0.15) is 33.6 Å². The maximum atomic E-state index is 11.0. The molecule has 0 spiro atoms. The fourth-order valence-electron chi connectivity index (χ4n) is 0.981. The molecule has 0 fully saturated rings. The molecule has 0 amide bonds. The Morgan fingerprint density at radius 3 is 2.36 bits per heavy atom. The summed E-state index contributed by atoms with van der Waals surface area (Å²) in [5.41, 5.74) is -0.628. The van der Waals surface area contributed by atoms with Gasteiger partial charge in [0.15, 0.2) is 0 Å². The summed E-state index contributed by atoms with van der Waals surface area (Å²) in [6.45, 7) is 6.12. The Labute approximate surface area is 90.2 Å². The van der Waals surface area contributed by atoms with E-state index in [9.17, 15) is 9.90 Å². The quantitative estimate of drug-likeness (QED) is 0.665. The molecule has 4 heteroatoms. The van der Waals surface area contributed by atoms with Gasteiger partial charge in [0.1, 0.15) is 0 Å². The summed E-state index contributed by atoms with van der Waals surface area (Å²) < 4.78 is 4.78. The maximum Gasteiger partial charge on any atom is 0.315 e. The van der Waals surface area contributed by atoms with Gasteiger partial charge in [0.2, 0.25) is 0 Å². The molecule has 0 radical (unpaired) electrons. The highest BCUT2D eigenvalue weighted by molar-refractivity contribution is 8.00. The molecule has 0 heterocycles. The van der Waals surface area contributed by atoms with Gasteiger partial charge in [-0.15, -0.1) is 11.8 Å². The monoisotopic (exact) mass is 220 g/mol. The molecule has 0 aromatic carbocycles. The number of esters is 1. The molecule has 0 unspecified atom stereocenters. The van der Waals surface area contributed by atoms with Crippen LogP contribution in [0.15, 0.2) is 0 Å². The van der Waals surface area contributed by atoms with Crippen LogP contribution in [0.25, 0.3) is 0 Å². The number of thioether (sulfide) groups is 1. The molecule has 14 heavy (non-hydrogen) atoms. The van der Waals surface area contributed by atoms with Crippen molar-refractivity contribution in [1.82, 2.24) is 0 Å². The number of aliphatic hydroxyl groups is 1. The van der Waals surface area contributed by atoms with Crippen molar-refractivity contribution in [3.05, 3.63) is 0 Å². The topological polar surface area (TPSA) is 46.5 Å². The van der Waals surface area contributed by atoms with Gasteiger partial charge < -0.3 is 9.84 Å². The molecule has 0 aliphatic heterocycles. The zero-order valence-corrected chi connectivity index (χ0v) is 10.0. The zero-order chi connectivity index (χ0) is 11.0. The van der Waals surface area contributed by atoms with E-state index in [-0.39, 0.29) is 5.97 Å². The highest BCUT2D eigenvalue weighted by Gasteiger charge is 2.22. The van der Waals surface area contributed by atoms with E-state index in [0.717, 1.165) is 12.8 Å². The van der Waals surface area contributed by atoms with E-state index in [1.165, 1.54) is 11.8 Å². The van der Waals surface area contributed by atoms with Gasteiger partial charge in [-0.1, -0.05) is 13.8 Å². The molecular weight excluding hydrogens is 200 g/mol. The summed E-state index contributed by atoms with van der Waals surface area (Å²) in [4.78, 5) is 11.0. The molecule has 0 rings (SSSR count). The first kappa shape index (κ1) is 13.8. The van der Waals surface area contributed by atoms with Gasteiger partial charge in [-0.2, -0.15) is 0 Å². The number of hydrogen-bond acceptors (Lipinski definition) is 4. The third kappa shape index (κ3) is 5.50. The molecule has 0 atom stereocenters. The summed E-state index contributed by atoms with van der Waals surface area (Å²) >= 11 is 1.43. The zero-order valence-electron chi connectivity index (χ0n) is 9.21. The number of ether oxygens (including phenoxy) is 1. The van der Waals surface area contributed by atoms with Gasteiger partial charge in [0, 0.05) is 5.75 Å². The summed E-state index contributed by atoms with van der Waals surface area (Å²) in [6, 6.07) is 0. The van der Waals surface area contributed by atoms with Crippen LogP contribution in [0.3, 0.4) is 0 Å². The number of rotatable bonds is 7. The summed E-state index contributed by atoms with van der Waals surface area (Å²) in [5, 5.41) is 9.90. The third-order valence-electron chi connectivity index (χ3n) is 2.21. The maximum absolute atomic E-state index is 11.0. The van der Waals surface area contributed by atoms with Crippen LogP contribution in [0.2, 0.25) is 0 Å². The fourth-order valence-corrected chi connectivity index (χ4v) is 2.12. The van der Waals surface area contributed by atoms with Crippen molar-refractivity contribution in [2.45, 2.75) is 39.2 Å². The average Bonchev–Trinajstić information content (AvgIpc) is 2.18. The third-order valence-corrected chi connectivity index (χ3v) is 3.39. The van der Waals surface area contributed by atoms with Crippen LogP contribution in [-0.2, 0) is 9.53 Å². The van der Waals surface area contributed by atoms with Crippen molar-refractivity contribution in [2.75, 3.05) is 18.1 Å². The van der Waals surface area contributed by atoms with Crippen LogP contribution < -0.4 is 0 Å².